The molecule has 20 heavy (non-hydrogen) atoms. The van der Waals surface area contributed by atoms with Crippen molar-refractivity contribution in [2.75, 3.05) is 26.8 Å². The van der Waals surface area contributed by atoms with Gasteiger partial charge in [0.1, 0.15) is 10.7 Å². The van der Waals surface area contributed by atoms with Crippen molar-refractivity contribution in [3.05, 3.63) is 29.3 Å². The summed E-state index contributed by atoms with van der Waals surface area (Å²) in [6.07, 6.45) is 2.26. The van der Waals surface area contributed by atoms with Gasteiger partial charge in [0.15, 0.2) is 0 Å². The van der Waals surface area contributed by atoms with E-state index in [4.69, 9.17) is 27.8 Å². The second kappa shape index (κ2) is 8.89. The molecule has 0 saturated carbocycles. The number of unbranched alkanes of at least 4 members (excludes halogenated alkanes) is 1. The van der Waals surface area contributed by atoms with Crippen molar-refractivity contribution in [1.29, 1.82) is 0 Å². The highest BCUT2D eigenvalue weighted by Gasteiger charge is 2.10. The quantitative estimate of drug-likeness (QED) is 0.682. The summed E-state index contributed by atoms with van der Waals surface area (Å²) in [5.74, 6) is 0.698. The molecule has 1 aromatic carbocycles. The van der Waals surface area contributed by atoms with Crippen LogP contribution < -0.4 is 10.5 Å². The van der Waals surface area contributed by atoms with Gasteiger partial charge in [0, 0.05) is 13.1 Å². The van der Waals surface area contributed by atoms with Gasteiger partial charge >= 0.3 is 0 Å². The summed E-state index contributed by atoms with van der Waals surface area (Å²) in [5.41, 5.74) is 7.61. The Morgan fingerprint density at radius 1 is 1.40 bits per heavy atom. The first kappa shape index (κ1) is 16.9. The lowest BCUT2D eigenvalue weighted by atomic mass is 10.1. The van der Waals surface area contributed by atoms with Crippen molar-refractivity contribution in [2.45, 2.75) is 26.3 Å². The third-order valence-electron chi connectivity index (χ3n) is 3.18. The Bertz CT molecular complexity index is 438. The van der Waals surface area contributed by atoms with Gasteiger partial charge in [-0.1, -0.05) is 31.6 Å². The van der Waals surface area contributed by atoms with E-state index >= 15 is 0 Å². The molecule has 1 aromatic rings. The van der Waals surface area contributed by atoms with E-state index in [0.717, 1.165) is 37.1 Å². The molecule has 0 aliphatic rings. The zero-order valence-electron chi connectivity index (χ0n) is 12.3. The van der Waals surface area contributed by atoms with Crippen molar-refractivity contribution >= 4 is 17.2 Å². The molecule has 0 radical (unpaired) electrons. The van der Waals surface area contributed by atoms with Crippen LogP contribution in [0.4, 0.5) is 0 Å². The van der Waals surface area contributed by atoms with E-state index in [1.54, 1.807) is 7.11 Å². The Hall–Kier alpha value is -1.17. The lowest BCUT2D eigenvalue weighted by Gasteiger charge is -2.21. The van der Waals surface area contributed by atoms with E-state index in [0.29, 0.717) is 17.3 Å². The van der Waals surface area contributed by atoms with Gasteiger partial charge in [0.2, 0.25) is 0 Å². The van der Waals surface area contributed by atoms with E-state index in [-0.39, 0.29) is 6.61 Å². The summed E-state index contributed by atoms with van der Waals surface area (Å²) >= 11 is 5.05. The second-order valence-corrected chi connectivity index (χ2v) is 5.19. The van der Waals surface area contributed by atoms with Gasteiger partial charge in [0.25, 0.3) is 0 Å². The molecule has 3 N–H and O–H groups in total. The first-order chi connectivity index (χ1) is 9.62. The molecule has 0 saturated heterocycles. The van der Waals surface area contributed by atoms with Crippen molar-refractivity contribution in [3.8, 4) is 5.75 Å². The Morgan fingerprint density at radius 2 is 2.15 bits per heavy atom. The standard InChI is InChI=1S/C15H24N2O2S/c1-3-4-7-17(8-9-18)11-12-5-6-14(19-2)13(10-12)15(16)20/h5-6,10,18H,3-4,7-9,11H2,1-2H3,(H2,16,20). The third-order valence-corrected chi connectivity index (χ3v) is 3.40. The van der Waals surface area contributed by atoms with Gasteiger partial charge in [0.05, 0.1) is 19.3 Å². The van der Waals surface area contributed by atoms with Crippen LogP contribution in [0.25, 0.3) is 0 Å². The molecule has 0 fully saturated rings. The van der Waals surface area contributed by atoms with Crippen molar-refractivity contribution in [1.82, 2.24) is 4.90 Å². The SMILES string of the molecule is CCCCN(CCO)Cc1ccc(OC)c(C(N)=S)c1. The monoisotopic (exact) mass is 296 g/mol. The van der Waals surface area contributed by atoms with Crippen LogP contribution in [0.3, 0.4) is 0 Å². The number of thiocarbonyl (C=S) groups is 1. The molecule has 112 valence electrons. The number of nitrogens with two attached hydrogens (primary N) is 1. The predicted molar refractivity (Wildman–Crippen MR) is 86.2 cm³/mol. The van der Waals surface area contributed by atoms with Crippen LogP contribution in [0, 0.1) is 0 Å². The summed E-state index contributed by atoms with van der Waals surface area (Å²) in [7, 11) is 1.61. The largest absolute Gasteiger partial charge is 0.496 e. The fraction of sp³-hybridized carbons (Fsp3) is 0.533. The average molecular weight is 296 g/mol. The van der Waals surface area contributed by atoms with Gasteiger partial charge < -0.3 is 15.6 Å². The molecule has 0 aromatic heterocycles. The summed E-state index contributed by atoms with van der Waals surface area (Å²) in [6, 6.07) is 5.87. The molecule has 1 rings (SSSR count). The highest BCUT2D eigenvalue weighted by molar-refractivity contribution is 7.80. The average Bonchev–Trinajstić information content (AvgIpc) is 2.44. The lowest BCUT2D eigenvalue weighted by Crippen LogP contribution is -2.27. The highest BCUT2D eigenvalue weighted by atomic mass is 32.1. The van der Waals surface area contributed by atoms with Gasteiger partial charge in [-0.2, -0.15) is 0 Å². The van der Waals surface area contributed by atoms with Crippen LogP contribution in [-0.4, -0.2) is 41.8 Å². The normalized spacial score (nSPS) is 10.8. The fourth-order valence-corrected chi connectivity index (χ4v) is 2.26. The van der Waals surface area contributed by atoms with Crippen LogP contribution in [0.2, 0.25) is 0 Å². The Balaban J connectivity index is 2.84. The number of hydrogen-bond acceptors (Lipinski definition) is 4. The predicted octanol–water partition coefficient (Wildman–Crippen LogP) is 1.92. The number of hydrogen-bond donors (Lipinski definition) is 2. The Kier molecular flexibility index (Phi) is 7.51. The zero-order chi connectivity index (χ0) is 15.0. The smallest absolute Gasteiger partial charge is 0.129 e. The third kappa shape index (κ3) is 5.07. The van der Waals surface area contributed by atoms with Crippen LogP contribution in [0.5, 0.6) is 5.75 Å². The maximum Gasteiger partial charge on any atom is 0.129 e. The molecule has 4 nitrogen and oxygen atoms in total. The van der Waals surface area contributed by atoms with E-state index in [9.17, 15) is 0 Å². The zero-order valence-corrected chi connectivity index (χ0v) is 13.1. The van der Waals surface area contributed by atoms with E-state index in [1.807, 2.05) is 18.2 Å². The number of rotatable bonds is 9. The topological polar surface area (TPSA) is 58.7 Å². The van der Waals surface area contributed by atoms with Crippen LogP contribution in [0.15, 0.2) is 18.2 Å². The Labute approximate surface area is 126 Å². The molecule has 0 heterocycles. The van der Waals surface area contributed by atoms with Crippen LogP contribution in [-0.2, 0) is 6.54 Å². The van der Waals surface area contributed by atoms with Gasteiger partial charge in [-0.3, -0.25) is 4.90 Å². The van der Waals surface area contributed by atoms with Gasteiger partial charge in [-0.05, 0) is 30.7 Å². The number of ether oxygens (including phenoxy) is 1. The van der Waals surface area contributed by atoms with E-state index in [1.165, 1.54) is 0 Å². The first-order valence-corrected chi connectivity index (χ1v) is 7.33. The number of aliphatic hydroxyl groups is 1. The number of methoxy groups -OCH3 is 1. The number of aliphatic hydroxyl groups excluding tert-OH is 1. The highest BCUT2D eigenvalue weighted by Crippen LogP contribution is 2.20. The molecular weight excluding hydrogens is 272 g/mol. The first-order valence-electron chi connectivity index (χ1n) is 6.92. The molecule has 0 amide bonds. The number of benzene rings is 1. The summed E-state index contributed by atoms with van der Waals surface area (Å²) in [4.78, 5) is 2.57. The maximum atomic E-state index is 9.14. The maximum absolute atomic E-state index is 9.14. The fourth-order valence-electron chi connectivity index (χ4n) is 2.10. The van der Waals surface area contributed by atoms with Gasteiger partial charge in [-0.25, -0.2) is 0 Å². The summed E-state index contributed by atoms with van der Waals surface area (Å²) in [6.45, 7) is 4.76. The van der Waals surface area contributed by atoms with Crippen molar-refractivity contribution in [2.24, 2.45) is 5.73 Å². The van der Waals surface area contributed by atoms with E-state index < -0.39 is 0 Å². The van der Waals surface area contributed by atoms with Crippen LogP contribution in [0.1, 0.15) is 30.9 Å². The molecule has 0 atom stereocenters. The molecule has 0 aliphatic heterocycles. The van der Waals surface area contributed by atoms with E-state index in [2.05, 4.69) is 11.8 Å². The van der Waals surface area contributed by atoms with Crippen molar-refractivity contribution < 1.29 is 9.84 Å². The molecule has 0 unspecified atom stereocenters. The summed E-state index contributed by atoms with van der Waals surface area (Å²) in [5, 5.41) is 9.14. The minimum atomic E-state index is 0.169. The second-order valence-electron chi connectivity index (χ2n) is 4.75. The van der Waals surface area contributed by atoms with Crippen molar-refractivity contribution in [3.63, 3.8) is 0 Å². The molecule has 0 bridgehead atoms. The molecule has 0 aliphatic carbocycles. The van der Waals surface area contributed by atoms with Gasteiger partial charge in [-0.15, -0.1) is 0 Å². The summed E-state index contributed by atoms with van der Waals surface area (Å²) < 4.78 is 5.26. The minimum absolute atomic E-state index is 0.169. The van der Waals surface area contributed by atoms with Crippen LogP contribution >= 0.6 is 12.2 Å². The molecule has 0 spiro atoms. The molecule has 5 heteroatoms. The number of nitrogens with zero attached hydrogens (tertiary/aromatic N) is 1. The Morgan fingerprint density at radius 3 is 2.70 bits per heavy atom. The molecular formula is C15H24N2O2S. The minimum Gasteiger partial charge on any atom is -0.496 e. The lowest BCUT2D eigenvalue weighted by molar-refractivity contribution is 0.188.